The lowest BCUT2D eigenvalue weighted by molar-refractivity contribution is -0.938. The summed E-state index contributed by atoms with van der Waals surface area (Å²) >= 11 is 1.48. The van der Waals surface area contributed by atoms with Crippen LogP contribution in [0.1, 0.15) is 66.3 Å². The number of rotatable bonds is 7. The maximum absolute atomic E-state index is 14.0. The summed E-state index contributed by atoms with van der Waals surface area (Å²) in [5, 5.41) is 1.93. The third-order valence-corrected chi connectivity index (χ3v) is 8.95. The monoisotopic (exact) mass is 521 g/mol. The molecule has 2 atom stereocenters. The predicted molar refractivity (Wildman–Crippen MR) is 128 cm³/mol. The Labute approximate surface area is 216 Å². The molecule has 0 radical (unpaired) electrons. The largest absolute Gasteiger partial charge is 1.00 e. The van der Waals surface area contributed by atoms with Crippen LogP contribution in [0.15, 0.2) is 41.8 Å². The van der Waals surface area contributed by atoms with E-state index in [2.05, 4.69) is 0 Å². The van der Waals surface area contributed by atoms with Crippen molar-refractivity contribution < 1.29 is 40.3 Å². The van der Waals surface area contributed by atoms with E-state index >= 15 is 0 Å². The van der Waals surface area contributed by atoms with Crippen LogP contribution >= 0.6 is 11.3 Å². The van der Waals surface area contributed by atoms with Crippen molar-refractivity contribution in [1.29, 1.82) is 0 Å². The molecule has 4 heterocycles. The van der Waals surface area contributed by atoms with Crippen LogP contribution in [0.4, 0.5) is 9.18 Å². The number of Topliss-reactive ketones (excluding diaryl/α,β-unsaturated/α-hetero) is 1. The number of fused-ring (bicyclic) bond motifs is 3. The number of quaternary nitrogens is 1. The summed E-state index contributed by atoms with van der Waals surface area (Å²) in [4.78, 5) is 26.6. The summed E-state index contributed by atoms with van der Waals surface area (Å²) in [5.74, 6) is 0.331. The molecule has 1 saturated carbocycles. The average Bonchev–Trinajstić information content (AvgIpc) is 3.39. The van der Waals surface area contributed by atoms with Gasteiger partial charge in [0.2, 0.25) is 5.78 Å². The fourth-order valence-corrected chi connectivity index (χ4v) is 6.87. The van der Waals surface area contributed by atoms with Gasteiger partial charge in [0.15, 0.2) is 6.10 Å². The van der Waals surface area contributed by atoms with Crippen LogP contribution in [-0.4, -0.2) is 48.7 Å². The number of piperidine rings is 3. The van der Waals surface area contributed by atoms with Crippen molar-refractivity contribution in [2.45, 2.75) is 57.2 Å². The number of ether oxygens (including phenoxy) is 2. The smallest absolute Gasteiger partial charge is 0.509 e. The molecule has 4 fully saturated rings. The van der Waals surface area contributed by atoms with Gasteiger partial charge in [0.1, 0.15) is 25.0 Å². The molecule has 0 amide bonds. The van der Waals surface area contributed by atoms with Gasteiger partial charge in [-0.3, -0.25) is 4.79 Å². The molecule has 1 aromatic heterocycles. The molecule has 1 unspecified atom stereocenters. The first-order chi connectivity index (χ1) is 16.5. The zero-order chi connectivity index (χ0) is 23.5. The van der Waals surface area contributed by atoms with Gasteiger partial charge in [-0.15, -0.1) is 11.3 Å². The van der Waals surface area contributed by atoms with Gasteiger partial charge < -0.3 is 26.4 Å². The lowest BCUT2D eigenvalue weighted by atomic mass is 9.82. The molecule has 6 rings (SSSR count). The summed E-state index contributed by atoms with van der Waals surface area (Å²) < 4.78 is 26.5. The zero-order valence-electron chi connectivity index (χ0n) is 19.9. The number of carbonyl (C=O) groups excluding carboxylic acids is 2. The number of benzene rings is 1. The van der Waals surface area contributed by atoms with Gasteiger partial charge >= 0.3 is 6.16 Å². The van der Waals surface area contributed by atoms with Crippen LogP contribution < -0.4 is 12.4 Å². The van der Waals surface area contributed by atoms with Crippen molar-refractivity contribution in [3.05, 3.63) is 58.0 Å². The van der Waals surface area contributed by atoms with Crippen molar-refractivity contribution in [2.24, 2.45) is 11.8 Å². The average molecular weight is 522 g/mol. The summed E-state index contributed by atoms with van der Waals surface area (Å²) in [5.41, 5.74) is 0.697. The van der Waals surface area contributed by atoms with Crippen molar-refractivity contribution in [3.63, 3.8) is 0 Å². The van der Waals surface area contributed by atoms with Crippen LogP contribution in [0.3, 0.4) is 0 Å². The van der Waals surface area contributed by atoms with E-state index in [4.69, 9.17) is 9.47 Å². The summed E-state index contributed by atoms with van der Waals surface area (Å²) in [6.07, 6.45) is 5.80. The van der Waals surface area contributed by atoms with Crippen molar-refractivity contribution >= 4 is 23.3 Å². The molecule has 2 bridgehead atoms. The highest BCUT2D eigenvalue weighted by Crippen LogP contribution is 2.39. The maximum Gasteiger partial charge on any atom is 0.509 e. The molecule has 4 aliphatic rings. The predicted octanol–water partition coefficient (Wildman–Crippen LogP) is 3.16. The fraction of sp³-hybridized carbons (Fsp3) is 0.556. The Hall–Kier alpha value is -1.96. The van der Waals surface area contributed by atoms with Gasteiger partial charge in [-0.2, -0.15) is 0 Å². The molecule has 0 N–H and O–H groups in total. The lowest BCUT2D eigenvalue weighted by Crippen LogP contribution is -3.00. The van der Waals surface area contributed by atoms with Gasteiger partial charge in [0.05, 0.1) is 18.0 Å². The van der Waals surface area contributed by atoms with Gasteiger partial charge in [-0.25, -0.2) is 9.18 Å². The van der Waals surface area contributed by atoms with Crippen LogP contribution in [0.2, 0.25) is 0 Å². The molecule has 35 heavy (non-hydrogen) atoms. The van der Waals surface area contributed by atoms with E-state index in [9.17, 15) is 14.0 Å². The maximum atomic E-state index is 14.0. The number of ketones is 1. The number of halogens is 2. The summed E-state index contributed by atoms with van der Waals surface area (Å²) in [7, 11) is 0. The third kappa shape index (κ3) is 6.07. The molecule has 3 saturated heterocycles. The minimum Gasteiger partial charge on any atom is -1.00 e. The van der Waals surface area contributed by atoms with Crippen molar-refractivity contribution in [2.75, 3.05) is 26.2 Å². The molecule has 190 valence electrons. The van der Waals surface area contributed by atoms with Crippen molar-refractivity contribution in [3.8, 4) is 0 Å². The van der Waals surface area contributed by atoms with E-state index in [-0.39, 0.29) is 36.0 Å². The Balaban J connectivity index is 0.00000289. The normalized spacial score (nSPS) is 27.0. The number of hydrogen-bond acceptors (Lipinski definition) is 5. The molecule has 8 heteroatoms. The molecule has 1 aromatic carbocycles. The number of nitrogens with zero attached hydrogens (tertiary/aromatic N) is 1. The topological polar surface area (TPSA) is 52.6 Å². The van der Waals surface area contributed by atoms with Gasteiger partial charge in [0.25, 0.3) is 0 Å². The van der Waals surface area contributed by atoms with E-state index in [1.165, 1.54) is 29.9 Å². The molecule has 3 aliphatic heterocycles. The number of thiophene rings is 1. The van der Waals surface area contributed by atoms with Crippen LogP contribution in [-0.2, 0) is 9.47 Å². The molecular weight excluding hydrogens is 489 g/mol. The van der Waals surface area contributed by atoms with E-state index in [1.54, 1.807) is 6.07 Å². The molecular formula is C27H33ClFNO4S. The Morgan fingerprint density at radius 3 is 2.51 bits per heavy atom. The molecule has 1 aliphatic carbocycles. The van der Waals surface area contributed by atoms with Crippen molar-refractivity contribution in [1.82, 2.24) is 0 Å². The van der Waals surface area contributed by atoms with Gasteiger partial charge in [-0.1, -0.05) is 37.5 Å². The number of carbonyl (C=O) groups is 2. The van der Waals surface area contributed by atoms with E-state index in [0.717, 1.165) is 56.5 Å². The van der Waals surface area contributed by atoms with Gasteiger partial charge in [-0.05, 0) is 42.0 Å². The molecule has 2 aromatic rings. The molecule has 0 spiro atoms. The highest BCUT2D eigenvalue weighted by Gasteiger charge is 2.49. The highest BCUT2D eigenvalue weighted by molar-refractivity contribution is 7.12. The van der Waals surface area contributed by atoms with Gasteiger partial charge in [0, 0.05) is 24.7 Å². The Morgan fingerprint density at radius 2 is 1.83 bits per heavy atom. The quantitative estimate of drug-likeness (QED) is 0.319. The second-order valence-electron chi connectivity index (χ2n) is 10.3. The van der Waals surface area contributed by atoms with Crippen LogP contribution in [0.5, 0.6) is 0 Å². The minimum atomic E-state index is -0.665. The minimum absolute atomic E-state index is 0. The Morgan fingerprint density at radius 1 is 1.06 bits per heavy atom. The third-order valence-electron chi connectivity index (χ3n) is 8.04. The number of hydrogen-bond donors (Lipinski definition) is 0. The fourth-order valence-electron chi connectivity index (χ4n) is 6.21. The van der Waals surface area contributed by atoms with E-state index in [0.29, 0.717) is 29.1 Å². The van der Waals surface area contributed by atoms with E-state index in [1.807, 2.05) is 23.6 Å². The first-order valence-corrected chi connectivity index (χ1v) is 13.4. The first-order valence-electron chi connectivity index (χ1n) is 12.6. The standard InChI is InChI=1S/C27H33FNO4S.ClH/c28-22-9-4-8-21(16-22)26(20-6-2-1-3-7-20)33-27(31)32-24-18-29(13-11-19(24)12-14-29)17-23(30)25-10-5-15-34-25;/h4-5,8-10,15-16,19-20,24,26H,1-3,6-7,11-14,17-18H2;1H/q+1;/p-1/t19?,24-,26?,29?;/m0./s1. The lowest BCUT2D eigenvalue weighted by Gasteiger charge is -2.51. The summed E-state index contributed by atoms with van der Waals surface area (Å²) in [6, 6.07) is 10.2. The van der Waals surface area contributed by atoms with Crippen LogP contribution in [0, 0.1) is 17.7 Å². The second-order valence-corrected chi connectivity index (χ2v) is 11.2. The molecule has 5 nitrogen and oxygen atoms in total. The van der Waals surface area contributed by atoms with Crippen LogP contribution in [0.25, 0.3) is 0 Å². The Bertz CT molecular complexity index is 1000. The SMILES string of the molecule is O=C(OC(c1cccc(F)c1)C1CCCCC1)O[C@H]1C[N+]2(CC(=O)c3cccs3)CCC1CC2.[Cl-]. The highest BCUT2D eigenvalue weighted by atomic mass is 35.5. The summed E-state index contributed by atoms with van der Waals surface area (Å²) in [6.45, 7) is 3.01. The first kappa shape index (κ1) is 26.1. The Kier molecular flexibility index (Phi) is 8.50. The zero-order valence-corrected chi connectivity index (χ0v) is 21.4. The second kappa shape index (κ2) is 11.4. The van der Waals surface area contributed by atoms with E-state index < -0.39 is 12.3 Å².